The van der Waals surface area contributed by atoms with Gasteiger partial charge in [0.25, 0.3) is 11.6 Å². The van der Waals surface area contributed by atoms with Crippen molar-refractivity contribution in [2.45, 2.75) is 24.8 Å². The van der Waals surface area contributed by atoms with E-state index in [0.717, 1.165) is 11.0 Å². The van der Waals surface area contributed by atoms with Gasteiger partial charge >= 0.3 is 0 Å². The molecule has 2 aromatic carbocycles. The van der Waals surface area contributed by atoms with Crippen LogP contribution in [-0.2, 0) is 4.79 Å². The minimum Gasteiger partial charge on any atom is -0.340 e. The summed E-state index contributed by atoms with van der Waals surface area (Å²) in [6, 6.07) is 10.1. The molecule has 2 rings (SSSR count). The molecule has 0 radical (unpaired) electrons. The maximum absolute atomic E-state index is 12.7. The number of amides is 2. The zero-order chi connectivity index (χ0) is 20.8. The van der Waals surface area contributed by atoms with E-state index in [4.69, 9.17) is 11.6 Å². The van der Waals surface area contributed by atoms with E-state index in [1.807, 2.05) is 24.5 Å². The van der Waals surface area contributed by atoms with Crippen molar-refractivity contribution in [2.24, 2.45) is 5.92 Å². The topological polar surface area (TPSA) is 101 Å². The number of carbonyl (C=O) groups is 2. The predicted octanol–water partition coefficient (Wildman–Crippen LogP) is 4.36. The molecule has 1 atom stereocenters. The van der Waals surface area contributed by atoms with Gasteiger partial charge in [-0.1, -0.05) is 31.5 Å². The monoisotopic (exact) mass is 421 g/mol. The fraction of sp³-hybridized carbons (Fsp3) is 0.263. The molecule has 0 fully saturated rings. The highest BCUT2D eigenvalue weighted by Crippen LogP contribution is 2.23. The van der Waals surface area contributed by atoms with Gasteiger partial charge in [-0.05, 0) is 36.4 Å². The third-order valence-corrected chi connectivity index (χ3v) is 5.02. The van der Waals surface area contributed by atoms with Gasteiger partial charge < -0.3 is 10.6 Å². The molecule has 0 saturated carbocycles. The molecule has 0 aromatic heterocycles. The lowest BCUT2D eigenvalue weighted by molar-refractivity contribution is -0.384. The molecule has 0 aliphatic heterocycles. The lowest BCUT2D eigenvalue weighted by atomic mass is 10.0. The van der Waals surface area contributed by atoms with E-state index in [1.54, 1.807) is 31.7 Å². The molecule has 7 nitrogen and oxygen atoms in total. The van der Waals surface area contributed by atoms with Gasteiger partial charge in [0.05, 0.1) is 15.5 Å². The smallest absolute Gasteiger partial charge is 0.270 e. The second kappa shape index (κ2) is 9.57. The van der Waals surface area contributed by atoms with Crippen molar-refractivity contribution < 1.29 is 14.5 Å². The second-order valence-electron chi connectivity index (χ2n) is 6.34. The number of non-ortho nitro benzene ring substituents is 1. The fourth-order valence-corrected chi connectivity index (χ4v) is 3.20. The molecule has 0 bridgehead atoms. The van der Waals surface area contributed by atoms with Crippen molar-refractivity contribution >= 4 is 46.6 Å². The van der Waals surface area contributed by atoms with Crippen LogP contribution in [0.15, 0.2) is 47.4 Å². The maximum atomic E-state index is 12.7. The maximum Gasteiger partial charge on any atom is 0.270 e. The molecule has 2 amide bonds. The number of rotatable bonds is 7. The molecule has 0 unspecified atom stereocenters. The predicted molar refractivity (Wildman–Crippen MR) is 111 cm³/mol. The zero-order valence-corrected chi connectivity index (χ0v) is 17.1. The average molecular weight is 422 g/mol. The number of carbonyl (C=O) groups excluding carboxylic acids is 2. The number of nitrogens with zero attached hydrogens (tertiary/aromatic N) is 1. The summed E-state index contributed by atoms with van der Waals surface area (Å²) < 4.78 is 0. The summed E-state index contributed by atoms with van der Waals surface area (Å²) in [4.78, 5) is 36.5. The first-order valence-corrected chi connectivity index (χ1v) is 10.0. The molecule has 28 heavy (non-hydrogen) atoms. The number of nitro groups is 1. The molecule has 0 aliphatic rings. The number of halogens is 1. The molecule has 0 saturated heterocycles. The van der Waals surface area contributed by atoms with Gasteiger partial charge in [0.2, 0.25) is 5.91 Å². The lowest BCUT2D eigenvalue weighted by Crippen LogP contribution is -2.47. The minimum absolute atomic E-state index is 0.0534. The Kier molecular flexibility index (Phi) is 7.42. The summed E-state index contributed by atoms with van der Waals surface area (Å²) in [5, 5.41) is 16.2. The number of benzene rings is 2. The van der Waals surface area contributed by atoms with Crippen molar-refractivity contribution in [3.63, 3.8) is 0 Å². The van der Waals surface area contributed by atoms with Crippen LogP contribution in [0.5, 0.6) is 0 Å². The van der Waals surface area contributed by atoms with Crippen LogP contribution in [0.2, 0.25) is 5.02 Å². The molecular formula is C19H20ClN3O4S. The molecule has 2 aromatic rings. The third-order valence-electron chi connectivity index (χ3n) is 3.98. The standard InChI is InChI=1S/C19H20ClN3O4S/c1-11(2)17(19(25)21-12-5-4-6-14(9-12)28-3)22-18(24)15-8-7-13(23(26)27)10-16(15)20/h4-11,17H,1-3H3,(H,21,25)(H,22,24)/t17-/m0/s1. The van der Waals surface area contributed by atoms with Crippen LogP contribution in [0.4, 0.5) is 11.4 Å². The first-order valence-electron chi connectivity index (χ1n) is 8.42. The normalized spacial score (nSPS) is 11.8. The number of hydrogen-bond donors (Lipinski definition) is 2. The molecule has 148 valence electrons. The van der Waals surface area contributed by atoms with E-state index in [9.17, 15) is 19.7 Å². The SMILES string of the molecule is CSc1cccc(NC(=O)[C@@H](NC(=O)c2ccc([N+](=O)[O-])cc2Cl)C(C)C)c1. The number of nitrogens with one attached hydrogen (secondary N) is 2. The number of hydrogen-bond acceptors (Lipinski definition) is 5. The molecule has 2 N–H and O–H groups in total. The number of nitro benzene ring substituents is 1. The third kappa shape index (κ3) is 5.46. The Labute approximate surface area is 172 Å². The highest BCUT2D eigenvalue weighted by atomic mass is 35.5. The zero-order valence-electron chi connectivity index (χ0n) is 15.6. The summed E-state index contributed by atoms with van der Waals surface area (Å²) in [5.41, 5.74) is 0.480. The summed E-state index contributed by atoms with van der Waals surface area (Å²) in [6.07, 6.45) is 1.94. The Hall–Kier alpha value is -2.58. The molecule has 9 heteroatoms. The molecular weight excluding hydrogens is 402 g/mol. The molecule has 0 heterocycles. The van der Waals surface area contributed by atoms with Gasteiger partial charge in [0.1, 0.15) is 6.04 Å². The van der Waals surface area contributed by atoms with Gasteiger partial charge in [-0.3, -0.25) is 19.7 Å². The van der Waals surface area contributed by atoms with Crippen molar-refractivity contribution in [1.29, 1.82) is 0 Å². The Balaban J connectivity index is 2.16. The largest absolute Gasteiger partial charge is 0.340 e. The Morgan fingerprint density at radius 2 is 1.89 bits per heavy atom. The van der Waals surface area contributed by atoms with Crippen LogP contribution in [-0.4, -0.2) is 29.0 Å². The van der Waals surface area contributed by atoms with Crippen molar-refractivity contribution in [1.82, 2.24) is 5.32 Å². The minimum atomic E-state index is -0.809. The van der Waals surface area contributed by atoms with E-state index in [1.165, 1.54) is 12.1 Å². The lowest BCUT2D eigenvalue weighted by Gasteiger charge is -2.22. The first-order chi connectivity index (χ1) is 13.2. The second-order valence-corrected chi connectivity index (χ2v) is 7.62. The summed E-state index contributed by atoms with van der Waals surface area (Å²) >= 11 is 7.56. The van der Waals surface area contributed by atoms with Crippen LogP contribution < -0.4 is 10.6 Å². The first kappa shape index (κ1) is 21.7. The van der Waals surface area contributed by atoms with Gasteiger partial charge in [-0.25, -0.2) is 0 Å². The van der Waals surface area contributed by atoms with Crippen LogP contribution in [0, 0.1) is 16.0 Å². The van der Waals surface area contributed by atoms with Gasteiger partial charge in [0, 0.05) is 22.7 Å². The highest BCUT2D eigenvalue weighted by molar-refractivity contribution is 7.98. The number of anilines is 1. The Morgan fingerprint density at radius 1 is 1.18 bits per heavy atom. The molecule has 0 aliphatic carbocycles. The number of thioether (sulfide) groups is 1. The van der Waals surface area contributed by atoms with E-state index in [0.29, 0.717) is 5.69 Å². The van der Waals surface area contributed by atoms with E-state index < -0.39 is 16.9 Å². The van der Waals surface area contributed by atoms with Gasteiger partial charge in [-0.2, -0.15) is 0 Å². The summed E-state index contributed by atoms with van der Waals surface area (Å²) in [7, 11) is 0. The van der Waals surface area contributed by atoms with Crippen molar-refractivity contribution in [2.75, 3.05) is 11.6 Å². The van der Waals surface area contributed by atoms with Gasteiger partial charge in [-0.15, -0.1) is 11.8 Å². The Bertz CT molecular complexity index is 904. The van der Waals surface area contributed by atoms with E-state index in [2.05, 4.69) is 10.6 Å². The van der Waals surface area contributed by atoms with Gasteiger partial charge in [0.15, 0.2) is 0 Å². The van der Waals surface area contributed by atoms with E-state index in [-0.39, 0.29) is 28.1 Å². The summed E-state index contributed by atoms with van der Waals surface area (Å²) in [6.45, 7) is 3.61. The van der Waals surface area contributed by atoms with Crippen LogP contribution in [0.1, 0.15) is 24.2 Å². The van der Waals surface area contributed by atoms with Crippen molar-refractivity contribution in [3.8, 4) is 0 Å². The van der Waals surface area contributed by atoms with Crippen LogP contribution in [0.3, 0.4) is 0 Å². The Morgan fingerprint density at radius 3 is 2.46 bits per heavy atom. The quantitative estimate of drug-likeness (QED) is 0.393. The van der Waals surface area contributed by atoms with Crippen LogP contribution >= 0.6 is 23.4 Å². The van der Waals surface area contributed by atoms with Crippen LogP contribution in [0.25, 0.3) is 0 Å². The fourth-order valence-electron chi connectivity index (χ4n) is 2.48. The summed E-state index contributed by atoms with van der Waals surface area (Å²) in [5.74, 6) is -1.13. The average Bonchev–Trinajstić information content (AvgIpc) is 2.65. The highest BCUT2D eigenvalue weighted by Gasteiger charge is 2.26. The van der Waals surface area contributed by atoms with E-state index >= 15 is 0 Å². The van der Waals surface area contributed by atoms with Crippen molar-refractivity contribution in [3.05, 3.63) is 63.2 Å². The molecule has 0 spiro atoms.